The van der Waals surface area contributed by atoms with Crippen molar-refractivity contribution >= 4 is 43.6 Å². The van der Waals surface area contributed by atoms with Gasteiger partial charge in [0.1, 0.15) is 0 Å². The van der Waals surface area contributed by atoms with E-state index in [1.807, 2.05) is 0 Å². The number of para-hydroxylation sites is 3. The maximum Gasteiger partial charge on any atom is 0.240 e. The van der Waals surface area contributed by atoms with Crippen LogP contribution in [0.25, 0.3) is 111 Å². The Morgan fingerprint density at radius 3 is 1.42 bits per heavy atom. The predicted octanol–water partition coefficient (Wildman–Crippen LogP) is 15.0. The first-order valence-electron chi connectivity index (χ1n) is 22.3. The second-order valence-corrected chi connectivity index (χ2v) is 17.7. The summed E-state index contributed by atoms with van der Waals surface area (Å²) in [7, 11) is 0. The minimum atomic E-state index is -0.0503. The summed E-state index contributed by atoms with van der Waals surface area (Å²) in [4.78, 5) is 16.2. The first kappa shape index (κ1) is 37.2. The van der Waals surface area contributed by atoms with Crippen molar-refractivity contribution in [3.8, 4) is 67.8 Å². The van der Waals surface area contributed by atoms with Crippen LogP contribution in [0.5, 0.6) is 0 Å². The molecule has 3 aromatic heterocycles. The zero-order chi connectivity index (χ0) is 43.2. The fourth-order valence-electron chi connectivity index (χ4n) is 10.4. The Morgan fingerprint density at radius 1 is 0.308 bits per heavy atom. The van der Waals surface area contributed by atoms with E-state index in [1.54, 1.807) is 0 Å². The van der Waals surface area contributed by atoms with Gasteiger partial charge in [-0.3, -0.25) is 9.13 Å². The first-order chi connectivity index (χ1) is 32.0. The van der Waals surface area contributed by atoms with Crippen molar-refractivity contribution in [3.63, 3.8) is 0 Å². The molecule has 3 heterocycles. The highest BCUT2D eigenvalue weighted by molar-refractivity contribution is 6.11. The van der Waals surface area contributed by atoms with Crippen LogP contribution >= 0.6 is 0 Å². The molecule has 0 aliphatic heterocycles. The highest BCUT2D eigenvalue weighted by Gasteiger charge is 2.35. The molecular formula is C60H41N5. The molecule has 65 heavy (non-hydrogen) atoms. The molecule has 0 radical (unpaired) electrons. The molecule has 306 valence electrons. The van der Waals surface area contributed by atoms with Crippen LogP contribution in [0, 0.1) is 0 Å². The lowest BCUT2D eigenvalue weighted by Crippen LogP contribution is -2.14. The Labute approximate surface area is 376 Å². The van der Waals surface area contributed by atoms with Crippen LogP contribution in [0.3, 0.4) is 0 Å². The summed E-state index contributed by atoms with van der Waals surface area (Å²) in [6.45, 7) is 4.67. The summed E-state index contributed by atoms with van der Waals surface area (Å²) in [5.41, 5.74) is 17.3. The molecule has 9 aromatic carbocycles. The Bertz CT molecular complexity index is 3800. The number of aromatic nitrogens is 5. The van der Waals surface area contributed by atoms with Crippen LogP contribution in [0.15, 0.2) is 212 Å². The van der Waals surface area contributed by atoms with Crippen LogP contribution in [-0.2, 0) is 5.41 Å². The zero-order valence-corrected chi connectivity index (χ0v) is 35.9. The van der Waals surface area contributed by atoms with Gasteiger partial charge in [-0.2, -0.15) is 15.0 Å². The minimum absolute atomic E-state index is 0.0503. The number of fused-ring (bicyclic) bond motifs is 9. The average Bonchev–Trinajstić information content (AvgIpc) is 3.97. The van der Waals surface area contributed by atoms with Crippen LogP contribution in [0.4, 0.5) is 0 Å². The van der Waals surface area contributed by atoms with Gasteiger partial charge in [0, 0.05) is 32.5 Å². The summed E-state index contributed by atoms with van der Waals surface area (Å²) < 4.78 is 4.39. The van der Waals surface area contributed by atoms with Gasteiger partial charge in [0.15, 0.2) is 5.82 Å². The van der Waals surface area contributed by atoms with Crippen molar-refractivity contribution < 1.29 is 0 Å². The Balaban J connectivity index is 0.966. The average molecular weight is 832 g/mol. The van der Waals surface area contributed by atoms with Gasteiger partial charge in [-0.15, -0.1) is 0 Å². The fourth-order valence-corrected chi connectivity index (χ4v) is 10.4. The summed E-state index contributed by atoms with van der Waals surface area (Å²) in [6.07, 6.45) is 0. The Hall–Kier alpha value is -8.41. The van der Waals surface area contributed by atoms with Gasteiger partial charge in [-0.05, 0) is 92.0 Å². The van der Waals surface area contributed by atoms with E-state index in [0.29, 0.717) is 17.7 Å². The number of benzene rings is 9. The third kappa shape index (κ3) is 5.82. The van der Waals surface area contributed by atoms with E-state index in [4.69, 9.17) is 15.0 Å². The van der Waals surface area contributed by atoms with Gasteiger partial charge in [-0.25, -0.2) is 0 Å². The van der Waals surface area contributed by atoms with E-state index in [2.05, 4.69) is 235 Å². The standard InChI is InChI=1S/C60H41N5/c1-60(2)51-23-10-6-19-45(51)46-33-31-42(36-52(46)60)40-29-27-39(28-30-40)41-17-14-18-44(35-41)57-61-58(64-53-24-11-7-20-47(53)48-21-8-12-25-54(48)64)63-59(62-57)65-55-26-13-9-22-49(55)50-34-32-43(37-56(50)65)38-15-4-3-5-16-38/h3-37H,1-2H3. The molecule has 0 amide bonds. The lowest BCUT2D eigenvalue weighted by molar-refractivity contribution is 0.660. The number of hydrogen-bond donors (Lipinski definition) is 0. The van der Waals surface area contributed by atoms with Gasteiger partial charge in [0.25, 0.3) is 0 Å². The summed E-state index contributed by atoms with van der Waals surface area (Å²) >= 11 is 0. The molecule has 0 saturated carbocycles. The molecule has 12 aromatic rings. The van der Waals surface area contributed by atoms with Gasteiger partial charge < -0.3 is 0 Å². The third-order valence-corrected chi connectivity index (χ3v) is 13.6. The van der Waals surface area contributed by atoms with Crippen molar-refractivity contribution in [2.24, 2.45) is 0 Å². The third-order valence-electron chi connectivity index (χ3n) is 13.6. The quantitative estimate of drug-likeness (QED) is 0.168. The second kappa shape index (κ2) is 14.3. The Morgan fingerprint density at radius 2 is 0.754 bits per heavy atom. The van der Waals surface area contributed by atoms with Crippen LogP contribution in [0.2, 0.25) is 0 Å². The van der Waals surface area contributed by atoms with E-state index in [-0.39, 0.29) is 5.41 Å². The molecule has 0 bridgehead atoms. The Kier molecular flexibility index (Phi) is 8.18. The molecule has 1 aliphatic carbocycles. The van der Waals surface area contributed by atoms with E-state index >= 15 is 0 Å². The smallest absolute Gasteiger partial charge is 0.240 e. The maximum atomic E-state index is 5.41. The highest BCUT2D eigenvalue weighted by Crippen LogP contribution is 2.49. The van der Waals surface area contributed by atoms with Crippen molar-refractivity contribution in [2.75, 3.05) is 0 Å². The monoisotopic (exact) mass is 831 g/mol. The van der Waals surface area contributed by atoms with Gasteiger partial charge in [-0.1, -0.05) is 190 Å². The molecule has 0 atom stereocenters. The van der Waals surface area contributed by atoms with Crippen molar-refractivity contribution in [3.05, 3.63) is 223 Å². The fraction of sp³-hybridized carbons (Fsp3) is 0.0500. The minimum Gasteiger partial charge on any atom is -0.278 e. The van der Waals surface area contributed by atoms with Gasteiger partial charge in [0.2, 0.25) is 11.9 Å². The normalized spacial score (nSPS) is 12.9. The number of nitrogens with zero attached hydrogens (tertiary/aromatic N) is 5. The highest BCUT2D eigenvalue weighted by atomic mass is 15.3. The van der Waals surface area contributed by atoms with Crippen molar-refractivity contribution in [1.29, 1.82) is 0 Å². The number of rotatable bonds is 6. The van der Waals surface area contributed by atoms with E-state index in [9.17, 15) is 0 Å². The largest absolute Gasteiger partial charge is 0.278 e. The van der Waals surface area contributed by atoms with Crippen molar-refractivity contribution in [2.45, 2.75) is 19.3 Å². The lowest BCUT2D eigenvalue weighted by Gasteiger charge is -2.22. The maximum absolute atomic E-state index is 5.41. The van der Waals surface area contributed by atoms with Crippen LogP contribution < -0.4 is 0 Å². The molecule has 0 fully saturated rings. The molecule has 5 heteroatoms. The topological polar surface area (TPSA) is 48.5 Å². The van der Waals surface area contributed by atoms with Gasteiger partial charge in [0.05, 0.1) is 22.1 Å². The van der Waals surface area contributed by atoms with Gasteiger partial charge >= 0.3 is 0 Å². The second-order valence-electron chi connectivity index (χ2n) is 17.7. The molecule has 13 rings (SSSR count). The number of hydrogen-bond acceptors (Lipinski definition) is 3. The molecule has 1 aliphatic rings. The molecule has 0 saturated heterocycles. The summed E-state index contributed by atoms with van der Waals surface area (Å²) in [5, 5.41) is 4.58. The van der Waals surface area contributed by atoms with E-state index in [0.717, 1.165) is 71.4 Å². The summed E-state index contributed by atoms with van der Waals surface area (Å²) in [6, 6.07) is 76.1. The SMILES string of the molecule is CC1(C)c2ccccc2-c2ccc(-c3ccc(-c4cccc(-c5nc(-n6c7ccccc7c7ccccc76)nc(-n6c7ccccc7c7ccc(-c8ccccc8)cc76)n5)c4)cc3)cc21. The lowest BCUT2D eigenvalue weighted by atomic mass is 9.81. The molecule has 0 N–H and O–H groups in total. The predicted molar refractivity (Wildman–Crippen MR) is 268 cm³/mol. The first-order valence-corrected chi connectivity index (χ1v) is 22.3. The van der Waals surface area contributed by atoms with E-state index < -0.39 is 0 Å². The van der Waals surface area contributed by atoms with E-state index in [1.165, 1.54) is 33.4 Å². The zero-order valence-electron chi connectivity index (χ0n) is 35.9. The van der Waals surface area contributed by atoms with Crippen molar-refractivity contribution in [1.82, 2.24) is 24.1 Å². The molecule has 5 nitrogen and oxygen atoms in total. The molecule has 0 unspecified atom stereocenters. The van der Waals surface area contributed by atoms with Crippen LogP contribution in [-0.4, -0.2) is 24.1 Å². The van der Waals surface area contributed by atoms with Crippen LogP contribution in [0.1, 0.15) is 25.0 Å². The summed E-state index contributed by atoms with van der Waals surface area (Å²) in [5.74, 6) is 1.71. The molecule has 0 spiro atoms. The molecular weight excluding hydrogens is 791 g/mol.